The number of halogens is 1. The van der Waals surface area contributed by atoms with Crippen LogP contribution in [-0.4, -0.2) is 0 Å². The number of allylic oxidation sites excluding steroid dienone is 1. The summed E-state index contributed by atoms with van der Waals surface area (Å²) in [5.74, 6) is 0. The second-order valence-electron chi connectivity index (χ2n) is 1.12. The van der Waals surface area contributed by atoms with Gasteiger partial charge in [0.05, 0.1) is 0 Å². The van der Waals surface area contributed by atoms with Gasteiger partial charge in [0.15, 0.2) is 0 Å². The predicted octanol–water partition coefficient (Wildman–Crippen LogP) is 2.35. The fourth-order valence-corrected chi connectivity index (χ4v) is 0.231. The highest BCUT2D eigenvalue weighted by Crippen LogP contribution is 1.97. The first-order valence-corrected chi connectivity index (χ1v) is 2.36. The van der Waals surface area contributed by atoms with Crippen molar-refractivity contribution in [2.24, 2.45) is 0 Å². The summed E-state index contributed by atoms with van der Waals surface area (Å²) in [6, 6.07) is 0. The molecule has 0 amide bonds. The zero-order chi connectivity index (χ0) is 4.99. The van der Waals surface area contributed by atoms with E-state index >= 15 is 0 Å². The van der Waals surface area contributed by atoms with Gasteiger partial charge in [0, 0.05) is 5.54 Å². The topological polar surface area (TPSA) is 0 Å². The average molecular weight is 104 g/mol. The molecule has 0 aromatic carbocycles. The Labute approximate surface area is 43.8 Å². The van der Waals surface area contributed by atoms with Gasteiger partial charge in [-0.25, -0.2) is 0 Å². The Morgan fingerprint density at radius 1 is 2.00 bits per heavy atom. The third-order valence-corrected chi connectivity index (χ3v) is 0.917. The molecule has 0 nitrogen and oxygen atoms in total. The summed E-state index contributed by atoms with van der Waals surface area (Å²) in [5, 5.41) is 0. The molecule has 35 valence electrons. The summed E-state index contributed by atoms with van der Waals surface area (Å²) in [4.78, 5) is 0. The van der Waals surface area contributed by atoms with E-state index in [1.165, 1.54) is 5.54 Å². The minimum absolute atomic E-state index is 0.948. The molecule has 0 unspecified atom stereocenters. The van der Waals surface area contributed by atoms with Gasteiger partial charge in [-0.1, -0.05) is 24.1 Å². The van der Waals surface area contributed by atoms with E-state index in [0.717, 1.165) is 12.0 Å². The SMILES string of the molecule is [CH2]/C(=C/Cl)CC. The summed E-state index contributed by atoms with van der Waals surface area (Å²) in [7, 11) is 0. The maximum Gasteiger partial charge on any atom is 0.00344 e. The Bertz CT molecular complexity index is 55.0. The van der Waals surface area contributed by atoms with Crippen molar-refractivity contribution in [3.05, 3.63) is 18.0 Å². The summed E-state index contributed by atoms with van der Waals surface area (Å²) in [6.45, 7) is 5.62. The van der Waals surface area contributed by atoms with E-state index in [1.54, 1.807) is 0 Å². The molecule has 0 heterocycles. The molecule has 0 bridgehead atoms. The van der Waals surface area contributed by atoms with Crippen molar-refractivity contribution in [1.29, 1.82) is 0 Å². The minimum Gasteiger partial charge on any atom is -0.0930 e. The zero-order valence-electron chi connectivity index (χ0n) is 3.87. The highest BCUT2D eigenvalue weighted by molar-refractivity contribution is 6.25. The molecule has 0 atom stereocenters. The molecule has 0 saturated heterocycles. The van der Waals surface area contributed by atoms with Gasteiger partial charge < -0.3 is 0 Å². The third-order valence-electron chi connectivity index (χ3n) is 0.608. The van der Waals surface area contributed by atoms with Crippen LogP contribution in [0.3, 0.4) is 0 Å². The van der Waals surface area contributed by atoms with Crippen molar-refractivity contribution >= 4 is 11.6 Å². The van der Waals surface area contributed by atoms with Crippen molar-refractivity contribution in [2.75, 3.05) is 0 Å². The first-order valence-electron chi connectivity index (χ1n) is 1.92. The summed E-state index contributed by atoms with van der Waals surface area (Å²) in [6.07, 6.45) is 0.948. The average Bonchev–Trinajstić information content (AvgIpc) is 1.65. The largest absolute Gasteiger partial charge is 0.0930 e. The lowest BCUT2D eigenvalue weighted by Gasteiger charge is -1.83. The molecule has 0 saturated carbocycles. The summed E-state index contributed by atoms with van der Waals surface area (Å²) >= 11 is 5.23. The highest BCUT2D eigenvalue weighted by atomic mass is 35.5. The van der Waals surface area contributed by atoms with Crippen LogP contribution in [0.4, 0.5) is 0 Å². The van der Waals surface area contributed by atoms with Crippen molar-refractivity contribution in [1.82, 2.24) is 0 Å². The van der Waals surface area contributed by atoms with Gasteiger partial charge in [0.25, 0.3) is 0 Å². The van der Waals surface area contributed by atoms with Crippen LogP contribution in [0.25, 0.3) is 0 Å². The molecule has 6 heavy (non-hydrogen) atoms. The molecule has 1 radical (unpaired) electrons. The Morgan fingerprint density at radius 2 is 2.50 bits per heavy atom. The van der Waals surface area contributed by atoms with E-state index in [0.29, 0.717) is 0 Å². The molecular formula is C5H8Cl. The maximum atomic E-state index is 5.23. The number of hydrogen-bond donors (Lipinski definition) is 0. The van der Waals surface area contributed by atoms with E-state index in [-0.39, 0.29) is 0 Å². The Kier molecular flexibility index (Phi) is 3.24. The van der Waals surface area contributed by atoms with Crippen LogP contribution in [-0.2, 0) is 0 Å². The monoisotopic (exact) mass is 103 g/mol. The molecule has 0 aliphatic carbocycles. The fraction of sp³-hybridized carbons (Fsp3) is 0.400. The van der Waals surface area contributed by atoms with Gasteiger partial charge in [-0.05, 0) is 13.3 Å². The van der Waals surface area contributed by atoms with Gasteiger partial charge in [-0.3, -0.25) is 0 Å². The normalized spacial score (nSPS) is 12.2. The first-order chi connectivity index (χ1) is 2.81. The molecule has 0 aromatic rings. The molecule has 0 aliphatic heterocycles. The van der Waals surface area contributed by atoms with E-state index in [4.69, 9.17) is 11.6 Å². The molecule has 0 N–H and O–H groups in total. The fourth-order valence-electron chi connectivity index (χ4n) is 0.0772. The van der Waals surface area contributed by atoms with Crippen LogP contribution in [0.1, 0.15) is 13.3 Å². The smallest absolute Gasteiger partial charge is 0.00344 e. The minimum atomic E-state index is 0.948. The quantitative estimate of drug-likeness (QED) is 0.478. The van der Waals surface area contributed by atoms with Crippen LogP contribution < -0.4 is 0 Å². The Balaban J connectivity index is 3.22. The molecule has 1 heteroatoms. The van der Waals surface area contributed by atoms with E-state index < -0.39 is 0 Å². The molecule has 0 fully saturated rings. The maximum absolute atomic E-state index is 5.23. The number of hydrogen-bond acceptors (Lipinski definition) is 0. The lowest BCUT2D eigenvalue weighted by Crippen LogP contribution is -1.63. The van der Waals surface area contributed by atoms with Crippen molar-refractivity contribution < 1.29 is 0 Å². The Hall–Kier alpha value is 0.0300. The first kappa shape index (κ1) is 6.03. The van der Waals surface area contributed by atoms with Crippen LogP contribution in [0.5, 0.6) is 0 Å². The summed E-state index contributed by atoms with van der Waals surface area (Å²) in [5.41, 5.74) is 2.48. The molecule has 0 aliphatic rings. The predicted molar refractivity (Wildman–Crippen MR) is 29.6 cm³/mol. The van der Waals surface area contributed by atoms with Gasteiger partial charge in [0.1, 0.15) is 0 Å². The summed E-state index contributed by atoms with van der Waals surface area (Å²) < 4.78 is 0. The van der Waals surface area contributed by atoms with Crippen molar-refractivity contribution in [3.8, 4) is 0 Å². The molecular weight excluding hydrogens is 95.5 g/mol. The van der Waals surface area contributed by atoms with Crippen molar-refractivity contribution in [2.45, 2.75) is 13.3 Å². The van der Waals surface area contributed by atoms with Gasteiger partial charge in [0.2, 0.25) is 0 Å². The van der Waals surface area contributed by atoms with E-state index in [9.17, 15) is 0 Å². The van der Waals surface area contributed by atoms with Crippen LogP contribution >= 0.6 is 11.6 Å². The van der Waals surface area contributed by atoms with Gasteiger partial charge in [-0.2, -0.15) is 0 Å². The molecule has 0 rings (SSSR count). The third kappa shape index (κ3) is 2.28. The van der Waals surface area contributed by atoms with E-state index in [1.807, 2.05) is 6.92 Å². The van der Waals surface area contributed by atoms with Crippen LogP contribution in [0, 0.1) is 6.92 Å². The Morgan fingerprint density at radius 3 is 2.50 bits per heavy atom. The zero-order valence-corrected chi connectivity index (χ0v) is 4.63. The highest BCUT2D eigenvalue weighted by Gasteiger charge is 1.75. The second kappa shape index (κ2) is 3.23. The second-order valence-corrected chi connectivity index (χ2v) is 1.34. The van der Waals surface area contributed by atoms with E-state index in [2.05, 4.69) is 6.92 Å². The number of rotatable bonds is 1. The van der Waals surface area contributed by atoms with Crippen LogP contribution in [0.2, 0.25) is 0 Å². The van der Waals surface area contributed by atoms with Crippen molar-refractivity contribution in [3.63, 3.8) is 0 Å². The molecule has 0 spiro atoms. The van der Waals surface area contributed by atoms with Crippen LogP contribution in [0.15, 0.2) is 11.1 Å². The molecule has 0 aromatic heterocycles. The van der Waals surface area contributed by atoms with Gasteiger partial charge in [-0.15, -0.1) is 0 Å². The lowest BCUT2D eigenvalue weighted by atomic mass is 10.3. The van der Waals surface area contributed by atoms with Gasteiger partial charge >= 0.3 is 0 Å². The lowest BCUT2D eigenvalue weighted by molar-refractivity contribution is 1.15. The standard InChI is InChI=1S/C5H8Cl/c1-3-5(2)4-6/h4H,2-3H2,1H3/b5-4-.